The van der Waals surface area contributed by atoms with Crippen LogP contribution in [0.1, 0.15) is 0 Å². The average Bonchev–Trinajstić information content (AvgIpc) is 2.27. The minimum Gasteiger partial charge on any atom is -0.334 e. The molecule has 0 spiro atoms. The fraction of sp³-hybridized carbons (Fsp3) is 1.00. The number of hydrogen-bond acceptors (Lipinski definition) is 1. The molecule has 0 aliphatic heterocycles. The first-order valence-electron chi connectivity index (χ1n) is 5.81. The van der Waals surface area contributed by atoms with Crippen molar-refractivity contribution in [2.24, 2.45) is 5.41 Å². The summed E-state index contributed by atoms with van der Waals surface area (Å²) in [6.07, 6.45) is -52.5. The zero-order chi connectivity index (χ0) is 24.5. The van der Waals surface area contributed by atoms with Crippen molar-refractivity contribution in [3.63, 3.8) is 0 Å². The number of alkyl halides is 19. The summed E-state index contributed by atoms with van der Waals surface area (Å²) in [7, 11) is 0. The van der Waals surface area contributed by atoms with E-state index in [1.165, 1.54) is 0 Å². The van der Waals surface area contributed by atoms with E-state index in [2.05, 4.69) is 0 Å². The van der Waals surface area contributed by atoms with Crippen LogP contribution in [0, 0.1) is 5.41 Å². The Morgan fingerprint density at radius 1 is 0.310 bits per heavy atom. The molecule has 0 rings (SSSR count). The van der Waals surface area contributed by atoms with E-state index in [4.69, 9.17) is 5.11 Å². The van der Waals surface area contributed by atoms with Crippen LogP contribution in [0.2, 0.25) is 0 Å². The molecule has 176 valence electrons. The summed E-state index contributed by atoms with van der Waals surface area (Å²) in [5, 5.41) is 7.78. The zero-order valence-electron chi connectivity index (χ0n) is 12.1. The summed E-state index contributed by atoms with van der Waals surface area (Å²) in [6.45, 7) is 0. The average molecular weight is 486 g/mol. The smallest absolute Gasteiger partial charge is 0.334 e. The molecule has 0 saturated heterocycles. The first kappa shape index (κ1) is 27.6. The predicted molar refractivity (Wildman–Crippen MR) is 47.6 cm³/mol. The molecule has 1 nitrogen and oxygen atoms in total. The fourth-order valence-electron chi connectivity index (χ4n) is 2.31. The van der Waals surface area contributed by atoms with Gasteiger partial charge in [0.1, 0.15) is 0 Å². The highest BCUT2D eigenvalue weighted by molar-refractivity contribution is 5.26. The van der Waals surface area contributed by atoms with Crippen LogP contribution in [0.25, 0.3) is 0 Å². The normalized spacial score (nSPS) is 18.6. The summed E-state index contributed by atoms with van der Waals surface area (Å²) in [4.78, 5) is 0. The first-order valence-corrected chi connectivity index (χ1v) is 5.81. The number of halogens is 19. The van der Waals surface area contributed by atoms with E-state index < -0.39 is 53.7 Å². The molecular formula is C9HF19O. The van der Waals surface area contributed by atoms with Gasteiger partial charge in [-0.1, -0.05) is 0 Å². The Bertz CT molecular complexity index is 542. The molecule has 0 heterocycles. The standard InChI is InChI=1S/C9HF19O/c10-2(9(27,28)29,3(11,7(21,22)23)8(24,25)26)1(4(12,13)14,5(15,16)17)6(18,19)20/h29H. The molecule has 0 aliphatic rings. The van der Waals surface area contributed by atoms with Crippen LogP contribution in [-0.2, 0) is 0 Å². The van der Waals surface area contributed by atoms with Crippen molar-refractivity contribution in [1.82, 2.24) is 0 Å². The second-order valence-electron chi connectivity index (χ2n) is 5.10. The number of hydrogen-bond donors (Lipinski definition) is 1. The lowest BCUT2D eigenvalue weighted by Crippen LogP contribution is -2.85. The Morgan fingerprint density at radius 2 is 0.517 bits per heavy atom. The lowest BCUT2D eigenvalue weighted by atomic mass is 9.61. The third-order valence-electron chi connectivity index (χ3n) is 3.46. The van der Waals surface area contributed by atoms with Crippen LogP contribution in [0.3, 0.4) is 0 Å². The van der Waals surface area contributed by atoms with Gasteiger partial charge in [0, 0.05) is 0 Å². The van der Waals surface area contributed by atoms with Gasteiger partial charge >= 0.3 is 48.1 Å². The van der Waals surface area contributed by atoms with Crippen LogP contribution in [0.4, 0.5) is 83.4 Å². The molecule has 1 N–H and O–H groups in total. The van der Waals surface area contributed by atoms with Crippen molar-refractivity contribution in [2.45, 2.75) is 48.3 Å². The van der Waals surface area contributed by atoms with Crippen molar-refractivity contribution in [3.8, 4) is 0 Å². The Balaban J connectivity index is 8.34. The van der Waals surface area contributed by atoms with E-state index >= 15 is 0 Å². The van der Waals surface area contributed by atoms with Crippen LogP contribution < -0.4 is 0 Å². The summed E-state index contributed by atoms with van der Waals surface area (Å²) >= 11 is 0. The molecule has 20 heteroatoms. The van der Waals surface area contributed by atoms with E-state index in [1.807, 2.05) is 0 Å². The van der Waals surface area contributed by atoms with Crippen molar-refractivity contribution in [1.29, 1.82) is 0 Å². The maximum atomic E-state index is 14.2. The molecule has 0 saturated carbocycles. The molecule has 29 heavy (non-hydrogen) atoms. The largest absolute Gasteiger partial charge is 0.435 e. The van der Waals surface area contributed by atoms with Gasteiger partial charge in [-0.05, 0) is 0 Å². The van der Waals surface area contributed by atoms with E-state index in [1.54, 1.807) is 0 Å². The molecule has 1 atom stereocenters. The first-order chi connectivity index (χ1) is 12.0. The molecule has 0 fully saturated rings. The van der Waals surface area contributed by atoms with E-state index in [0.717, 1.165) is 0 Å². The van der Waals surface area contributed by atoms with Crippen LogP contribution >= 0.6 is 0 Å². The van der Waals surface area contributed by atoms with Crippen molar-refractivity contribution in [3.05, 3.63) is 0 Å². The van der Waals surface area contributed by atoms with Gasteiger partial charge in [0.2, 0.25) is 0 Å². The molecule has 0 aromatic carbocycles. The van der Waals surface area contributed by atoms with Gasteiger partial charge in [-0.15, -0.1) is 0 Å². The second kappa shape index (κ2) is 6.32. The summed E-state index contributed by atoms with van der Waals surface area (Å²) in [5.74, 6) is 0. The topological polar surface area (TPSA) is 20.2 Å². The van der Waals surface area contributed by atoms with Gasteiger partial charge in [-0.25, -0.2) is 8.78 Å². The third kappa shape index (κ3) is 3.24. The lowest BCUT2D eigenvalue weighted by Gasteiger charge is -2.53. The number of aliphatic hydroxyl groups is 1. The Hall–Kier alpha value is -1.37. The SMILES string of the molecule is OC(F)(F)C(F)(C(F)(C(F)(F)F)C(F)(F)F)C(C(F)(F)F)(C(F)(F)F)C(F)(F)F. The van der Waals surface area contributed by atoms with E-state index in [0.29, 0.717) is 0 Å². The Labute approximate surface area is 144 Å². The van der Waals surface area contributed by atoms with Gasteiger partial charge < -0.3 is 5.11 Å². The molecule has 0 amide bonds. The summed E-state index contributed by atoms with van der Waals surface area (Å²) in [6, 6.07) is 0. The van der Waals surface area contributed by atoms with Crippen LogP contribution in [-0.4, -0.2) is 53.4 Å². The van der Waals surface area contributed by atoms with Gasteiger partial charge in [0.05, 0.1) is 0 Å². The van der Waals surface area contributed by atoms with Crippen LogP contribution in [0.5, 0.6) is 0 Å². The van der Waals surface area contributed by atoms with Gasteiger partial charge in [0.25, 0.3) is 5.67 Å². The van der Waals surface area contributed by atoms with E-state index in [-0.39, 0.29) is 0 Å². The molecule has 1 unspecified atom stereocenters. The highest BCUT2D eigenvalue weighted by Gasteiger charge is 3.06. The maximum Gasteiger partial charge on any atom is 0.435 e. The van der Waals surface area contributed by atoms with E-state index in [9.17, 15) is 83.4 Å². The predicted octanol–water partition coefficient (Wildman–Crippen LogP) is 5.79. The minimum absolute atomic E-state index is 7.78. The van der Waals surface area contributed by atoms with Gasteiger partial charge in [-0.3, -0.25) is 0 Å². The monoisotopic (exact) mass is 486 g/mol. The number of rotatable bonds is 3. The van der Waals surface area contributed by atoms with Crippen molar-refractivity contribution >= 4 is 0 Å². The Kier molecular flexibility index (Phi) is 6.02. The fourth-order valence-corrected chi connectivity index (χ4v) is 2.31. The molecule has 0 bridgehead atoms. The third-order valence-corrected chi connectivity index (χ3v) is 3.46. The van der Waals surface area contributed by atoms with Crippen LogP contribution in [0.15, 0.2) is 0 Å². The quantitative estimate of drug-likeness (QED) is 0.502. The van der Waals surface area contributed by atoms with Crippen molar-refractivity contribution < 1.29 is 88.5 Å². The zero-order valence-corrected chi connectivity index (χ0v) is 12.1. The second-order valence-corrected chi connectivity index (χ2v) is 5.10. The van der Waals surface area contributed by atoms with Crippen molar-refractivity contribution in [2.75, 3.05) is 0 Å². The maximum absolute atomic E-state index is 14.2. The lowest BCUT2D eigenvalue weighted by molar-refractivity contribution is -0.535. The summed E-state index contributed by atoms with van der Waals surface area (Å²) < 4.78 is 242. The molecule has 0 aromatic heterocycles. The highest BCUT2D eigenvalue weighted by Crippen LogP contribution is 2.74. The molecule has 0 aromatic rings. The highest BCUT2D eigenvalue weighted by atomic mass is 19.4. The van der Waals surface area contributed by atoms with Gasteiger partial charge in [0.15, 0.2) is 0 Å². The van der Waals surface area contributed by atoms with Gasteiger partial charge in [-0.2, -0.15) is 74.6 Å². The molecular weight excluding hydrogens is 485 g/mol. The summed E-state index contributed by atoms with van der Waals surface area (Å²) in [5.41, 5.74) is -28.2. The Morgan fingerprint density at radius 3 is 0.621 bits per heavy atom. The molecule has 0 radical (unpaired) electrons. The minimum atomic E-state index is -9.54. The molecule has 0 aliphatic carbocycles.